The molecule has 0 radical (unpaired) electrons. The van der Waals surface area contributed by atoms with Crippen molar-refractivity contribution in [1.29, 1.82) is 0 Å². The largest absolute Gasteiger partial charge is 0.462 e. The van der Waals surface area contributed by atoms with Gasteiger partial charge in [0.15, 0.2) is 0 Å². The van der Waals surface area contributed by atoms with Crippen molar-refractivity contribution in [3.05, 3.63) is 34.9 Å². The number of hydrogen-bond acceptors (Lipinski definition) is 3. The summed E-state index contributed by atoms with van der Waals surface area (Å²) < 4.78 is 4.30. The summed E-state index contributed by atoms with van der Waals surface area (Å²) in [5.41, 5.74) is 3.24. The Hall–Kier alpha value is -1.84. The maximum Gasteiger partial charge on any atom is 0.396 e. The van der Waals surface area contributed by atoms with Crippen LogP contribution in [0, 0.1) is 13.8 Å². The molecule has 0 aliphatic rings. The third-order valence-corrected chi connectivity index (χ3v) is 2.31. The Labute approximate surface area is 94.6 Å². The smallest absolute Gasteiger partial charge is 0.396 e. The topological polar surface area (TPSA) is 55.4 Å². The maximum absolute atomic E-state index is 11.1. The number of rotatable bonds is 2. The van der Waals surface area contributed by atoms with Crippen LogP contribution in [0.3, 0.4) is 0 Å². The SMILES string of the molecule is COC(=O)C(=O)NCc1ccc(C)cc1C. The van der Waals surface area contributed by atoms with Crippen LogP contribution in [0.25, 0.3) is 0 Å². The van der Waals surface area contributed by atoms with Gasteiger partial charge in [-0.1, -0.05) is 23.8 Å². The minimum atomic E-state index is -0.871. The molecule has 0 saturated carbocycles. The van der Waals surface area contributed by atoms with Crippen molar-refractivity contribution in [2.75, 3.05) is 7.11 Å². The fourth-order valence-corrected chi connectivity index (χ4v) is 1.38. The Balaban J connectivity index is 2.61. The van der Waals surface area contributed by atoms with Gasteiger partial charge in [0.2, 0.25) is 0 Å². The van der Waals surface area contributed by atoms with E-state index in [0.29, 0.717) is 6.54 Å². The van der Waals surface area contributed by atoms with E-state index in [1.54, 1.807) is 0 Å². The number of ether oxygens (including phenoxy) is 1. The third-order valence-electron chi connectivity index (χ3n) is 2.31. The molecule has 86 valence electrons. The van der Waals surface area contributed by atoms with Crippen LogP contribution in [0.2, 0.25) is 0 Å². The first-order valence-corrected chi connectivity index (χ1v) is 4.97. The van der Waals surface area contributed by atoms with Gasteiger partial charge in [-0.05, 0) is 25.0 Å². The Kier molecular flexibility index (Phi) is 4.05. The van der Waals surface area contributed by atoms with Crippen molar-refractivity contribution < 1.29 is 14.3 Å². The van der Waals surface area contributed by atoms with Crippen molar-refractivity contribution in [3.8, 4) is 0 Å². The van der Waals surface area contributed by atoms with Gasteiger partial charge >= 0.3 is 11.9 Å². The van der Waals surface area contributed by atoms with Gasteiger partial charge in [-0.15, -0.1) is 0 Å². The number of amides is 1. The molecule has 1 rings (SSSR count). The van der Waals surface area contributed by atoms with Gasteiger partial charge in [0, 0.05) is 6.54 Å². The van der Waals surface area contributed by atoms with Crippen LogP contribution in [-0.4, -0.2) is 19.0 Å². The van der Waals surface area contributed by atoms with Crippen LogP contribution in [0.15, 0.2) is 18.2 Å². The second kappa shape index (κ2) is 5.30. The van der Waals surface area contributed by atoms with E-state index in [2.05, 4.69) is 10.1 Å². The van der Waals surface area contributed by atoms with Crippen LogP contribution < -0.4 is 5.32 Å². The first kappa shape index (κ1) is 12.2. The van der Waals surface area contributed by atoms with E-state index in [1.165, 1.54) is 12.7 Å². The molecule has 1 aromatic carbocycles. The highest BCUT2D eigenvalue weighted by atomic mass is 16.5. The van der Waals surface area contributed by atoms with Crippen LogP contribution in [-0.2, 0) is 20.9 Å². The van der Waals surface area contributed by atoms with Crippen LogP contribution in [0.5, 0.6) is 0 Å². The predicted octanol–water partition coefficient (Wildman–Crippen LogP) is 1.09. The number of methoxy groups -OCH3 is 1. The summed E-state index contributed by atoms with van der Waals surface area (Å²) in [6.07, 6.45) is 0. The zero-order chi connectivity index (χ0) is 12.1. The van der Waals surface area contributed by atoms with Crippen LogP contribution >= 0.6 is 0 Å². The lowest BCUT2D eigenvalue weighted by Gasteiger charge is -2.07. The molecule has 1 aromatic rings. The zero-order valence-electron chi connectivity index (χ0n) is 9.66. The molecule has 0 atom stereocenters. The number of hydrogen-bond donors (Lipinski definition) is 1. The van der Waals surface area contributed by atoms with E-state index in [9.17, 15) is 9.59 Å². The molecule has 4 nitrogen and oxygen atoms in total. The molecular formula is C12H15NO3. The monoisotopic (exact) mass is 221 g/mol. The van der Waals surface area contributed by atoms with Gasteiger partial charge in [-0.25, -0.2) is 4.79 Å². The lowest BCUT2D eigenvalue weighted by Crippen LogP contribution is -2.31. The van der Waals surface area contributed by atoms with E-state index >= 15 is 0 Å². The van der Waals surface area contributed by atoms with Gasteiger partial charge in [0.25, 0.3) is 0 Å². The van der Waals surface area contributed by atoms with Crippen molar-refractivity contribution >= 4 is 11.9 Å². The summed E-state index contributed by atoms with van der Waals surface area (Å²) in [5, 5.41) is 2.50. The fraction of sp³-hybridized carbons (Fsp3) is 0.333. The number of carbonyl (C=O) groups excluding carboxylic acids is 2. The standard InChI is InChI=1S/C12H15NO3/c1-8-4-5-10(9(2)6-8)7-13-11(14)12(15)16-3/h4-6H,7H2,1-3H3,(H,13,14). The molecular weight excluding hydrogens is 206 g/mol. The first-order valence-electron chi connectivity index (χ1n) is 4.97. The first-order chi connectivity index (χ1) is 7.54. The maximum atomic E-state index is 11.1. The van der Waals surface area contributed by atoms with Crippen molar-refractivity contribution in [2.45, 2.75) is 20.4 Å². The van der Waals surface area contributed by atoms with Crippen molar-refractivity contribution in [2.24, 2.45) is 0 Å². The molecule has 0 aliphatic heterocycles. The average Bonchev–Trinajstić information content (AvgIpc) is 2.26. The molecule has 0 fully saturated rings. The van der Waals surface area contributed by atoms with Crippen LogP contribution in [0.1, 0.15) is 16.7 Å². The molecule has 1 N–H and O–H groups in total. The van der Waals surface area contributed by atoms with Gasteiger partial charge in [0.1, 0.15) is 0 Å². The Morgan fingerprint density at radius 1 is 1.31 bits per heavy atom. The van der Waals surface area contributed by atoms with Gasteiger partial charge < -0.3 is 10.1 Å². The molecule has 4 heteroatoms. The fourth-order valence-electron chi connectivity index (χ4n) is 1.38. The molecule has 0 unspecified atom stereocenters. The predicted molar refractivity (Wildman–Crippen MR) is 59.8 cm³/mol. The Morgan fingerprint density at radius 3 is 2.56 bits per heavy atom. The van der Waals surface area contributed by atoms with E-state index in [4.69, 9.17) is 0 Å². The second-order valence-electron chi connectivity index (χ2n) is 3.60. The molecule has 16 heavy (non-hydrogen) atoms. The minimum absolute atomic E-state index is 0.333. The summed E-state index contributed by atoms with van der Waals surface area (Å²) >= 11 is 0. The zero-order valence-corrected chi connectivity index (χ0v) is 9.66. The number of nitrogens with one attached hydrogen (secondary N) is 1. The molecule has 0 saturated heterocycles. The Morgan fingerprint density at radius 2 is 2.00 bits per heavy atom. The van der Waals surface area contributed by atoms with E-state index in [1.807, 2.05) is 32.0 Å². The quantitative estimate of drug-likeness (QED) is 0.601. The third kappa shape index (κ3) is 3.08. The lowest BCUT2D eigenvalue weighted by atomic mass is 10.1. The summed E-state index contributed by atoms with van der Waals surface area (Å²) in [5.74, 6) is -1.59. The van der Waals surface area contributed by atoms with E-state index in [-0.39, 0.29) is 0 Å². The molecule has 0 bridgehead atoms. The molecule has 1 amide bonds. The average molecular weight is 221 g/mol. The Bertz CT molecular complexity index is 413. The highest BCUT2D eigenvalue weighted by molar-refractivity contribution is 6.32. The molecule has 0 spiro atoms. The van der Waals surface area contributed by atoms with Gasteiger partial charge in [-0.2, -0.15) is 0 Å². The molecule has 0 aliphatic carbocycles. The number of carbonyl (C=O) groups is 2. The van der Waals surface area contributed by atoms with Crippen molar-refractivity contribution in [1.82, 2.24) is 5.32 Å². The van der Waals surface area contributed by atoms with Gasteiger partial charge in [0.05, 0.1) is 7.11 Å². The minimum Gasteiger partial charge on any atom is -0.462 e. The van der Waals surface area contributed by atoms with Crippen LogP contribution in [0.4, 0.5) is 0 Å². The highest BCUT2D eigenvalue weighted by Crippen LogP contribution is 2.09. The van der Waals surface area contributed by atoms with E-state index < -0.39 is 11.9 Å². The van der Waals surface area contributed by atoms with E-state index in [0.717, 1.165) is 11.1 Å². The number of benzene rings is 1. The summed E-state index contributed by atoms with van der Waals surface area (Å²) in [4.78, 5) is 22.0. The molecule has 0 heterocycles. The number of esters is 1. The lowest BCUT2D eigenvalue weighted by molar-refractivity contribution is -0.152. The summed E-state index contributed by atoms with van der Waals surface area (Å²) in [7, 11) is 1.18. The summed E-state index contributed by atoms with van der Waals surface area (Å²) in [6.45, 7) is 4.30. The summed E-state index contributed by atoms with van der Waals surface area (Å²) in [6, 6.07) is 5.93. The normalized spacial score (nSPS) is 9.69. The molecule has 0 aromatic heterocycles. The van der Waals surface area contributed by atoms with Crippen molar-refractivity contribution in [3.63, 3.8) is 0 Å². The highest BCUT2D eigenvalue weighted by Gasteiger charge is 2.12. The number of aryl methyl sites for hydroxylation is 2. The second-order valence-corrected chi connectivity index (χ2v) is 3.60. The van der Waals surface area contributed by atoms with Gasteiger partial charge in [-0.3, -0.25) is 4.79 Å².